The molecule has 0 bridgehead atoms. The molecule has 3 rings (SSSR count). The number of rotatable bonds is 1. The summed E-state index contributed by atoms with van der Waals surface area (Å²) in [6, 6.07) is 4.88. The summed E-state index contributed by atoms with van der Waals surface area (Å²) in [6.07, 6.45) is 3.87. The Labute approximate surface area is 121 Å². The minimum Gasteiger partial charge on any atom is -0.476 e. The second-order valence-electron chi connectivity index (χ2n) is 5.20. The lowest BCUT2D eigenvalue weighted by molar-refractivity contribution is 0.313. The zero-order chi connectivity index (χ0) is 12.4. The van der Waals surface area contributed by atoms with Gasteiger partial charge in [0.15, 0.2) is 0 Å². The fourth-order valence-corrected chi connectivity index (χ4v) is 2.76. The molecule has 0 spiro atoms. The third-order valence-electron chi connectivity index (χ3n) is 3.85. The highest BCUT2D eigenvalue weighted by molar-refractivity contribution is 5.85. The van der Waals surface area contributed by atoms with Crippen molar-refractivity contribution >= 4 is 18.2 Å². The second kappa shape index (κ2) is 6.44. The number of halogens is 1. The van der Waals surface area contributed by atoms with Crippen LogP contribution in [-0.2, 0) is 6.54 Å². The van der Waals surface area contributed by atoms with Crippen LogP contribution in [0, 0.1) is 0 Å². The first-order valence-corrected chi connectivity index (χ1v) is 6.94. The lowest BCUT2D eigenvalue weighted by Crippen LogP contribution is -2.38. The summed E-state index contributed by atoms with van der Waals surface area (Å²) < 4.78 is 5.71. The van der Waals surface area contributed by atoms with Crippen molar-refractivity contribution in [1.82, 2.24) is 10.3 Å². The summed E-state index contributed by atoms with van der Waals surface area (Å²) in [6.45, 7) is 5.86. The molecule has 3 heterocycles. The molecule has 2 aliphatic rings. The zero-order valence-electron chi connectivity index (χ0n) is 11.4. The monoisotopic (exact) mass is 283 g/mol. The summed E-state index contributed by atoms with van der Waals surface area (Å²) in [4.78, 5) is 7.12. The van der Waals surface area contributed by atoms with Gasteiger partial charge in [0.2, 0.25) is 5.88 Å². The molecule has 0 aliphatic carbocycles. The van der Waals surface area contributed by atoms with E-state index in [9.17, 15) is 0 Å². The maximum absolute atomic E-state index is 5.71. The molecular formula is C14H22ClN3O. The molecule has 2 aliphatic heterocycles. The first kappa shape index (κ1) is 14.4. The zero-order valence-corrected chi connectivity index (χ0v) is 12.2. The number of hydrogen-bond donors (Lipinski definition) is 1. The van der Waals surface area contributed by atoms with E-state index in [1.54, 1.807) is 0 Å². The van der Waals surface area contributed by atoms with Crippen LogP contribution in [0.1, 0.15) is 31.7 Å². The van der Waals surface area contributed by atoms with Crippen LogP contribution in [0.2, 0.25) is 0 Å². The van der Waals surface area contributed by atoms with Crippen molar-refractivity contribution in [2.24, 2.45) is 0 Å². The van der Waals surface area contributed by atoms with Crippen molar-refractivity contribution in [2.75, 3.05) is 24.6 Å². The molecule has 0 radical (unpaired) electrons. The SMILES string of the molecule is C[C@H]1CCCCN1c1ccc2c(n1)OCCNC2.Cl. The Morgan fingerprint density at radius 1 is 1.37 bits per heavy atom. The number of anilines is 1. The van der Waals surface area contributed by atoms with Gasteiger partial charge < -0.3 is 15.0 Å². The second-order valence-corrected chi connectivity index (χ2v) is 5.20. The average molecular weight is 284 g/mol. The molecule has 0 saturated carbocycles. The Bertz CT molecular complexity index is 427. The van der Waals surface area contributed by atoms with E-state index in [0.717, 1.165) is 31.3 Å². The van der Waals surface area contributed by atoms with Crippen molar-refractivity contribution in [1.29, 1.82) is 0 Å². The maximum Gasteiger partial charge on any atom is 0.219 e. The van der Waals surface area contributed by atoms with E-state index in [0.29, 0.717) is 12.6 Å². The summed E-state index contributed by atoms with van der Waals surface area (Å²) in [5.41, 5.74) is 1.17. The van der Waals surface area contributed by atoms with Gasteiger partial charge in [-0.25, -0.2) is 0 Å². The van der Waals surface area contributed by atoms with Crippen LogP contribution in [-0.4, -0.2) is 30.7 Å². The summed E-state index contributed by atoms with van der Waals surface area (Å²) in [5, 5.41) is 3.33. The quantitative estimate of drug-likeness (QED) is 0.859. The van der Waals surface area contributed by atoms with Gasteiger partial charge >= 0.3 is 0 Å². The Balaban J connectivity index is 0.00000133. The van der Waals surface area contributed by atoms with Crippen LogP contribution < -0.4 is 15.0 Å². The topological polar surface area (TPSA) is 37.4 Å². The Hall–Kier alpha value is -1.00. The molecule has 1 aromatic heterocycles. The molecule has 4 nitrogen and oxygen atoms in total. The molecule has 5 heteroatoms. The number of ether oxygens (including phenoxy) is 1. The van der Waals surface area contributed by atoms with Crippen LogP contribution in [0.25, 0.3) is 0 Å². The van der Waals surface area contributed by atoms with Crippen LogP contribution in [0.3, 0.4) is 0 Å². The fourth-order valence-electron chi connectivity index (χ4n) is 2.76. The third kappa shape index (κ3) is 3.12. The molecule has 1 atom stereocenters. The van der Waals surface area contributed by atoms with Crippen molar-refractivity contribution < 1.29 is 4.74 Å². The van der Waals surface area contributed by atoms with E-state index in [1.807, 2.05) is 0 Å². The first-order valence-electron chi connectivity index (χ1n) is 6.94. The molecule has 19 heavy (non-hydrogen) atoms. The molecule has 106 valence electrons. The fraction of sp³-hybridized carbons (Fsp3) is 0.643. The molecular weight excluding hydrogens is 262 g/mol. The number of piperidine rings is 1. The van der Waals surface area contributed by atoms with Gasteiger partial charge in [0.25, 0.3) is 0 Å². The maximum atomic E-state index is 5.71. The molecule has 0 amide bonds. The minimum atomic E-state index is 0. The molecule has 1 N–H and O–H groups in total. The molecule has 0 unspecified atom stereocenters. The number of nitrogens with one attached hydrogen (secondary N) is 1. The normalized spacial score (nSPS) is 22.8. The Kier molecular flexibility index (Phi) is 4.88. The summed E-state index contributed by atoms with van der Waals surface area (Å²) in [5.74, 6) is 1.89. The van der Waals surface area contributed by atoms with E-state index >= 15 is 0 Å². The van der Waals surface area contributed by atoms with Crippen molar-refractivity contribution in [3.63, 3.8) is 0 Å². The molecule has 0 aromatic carbocycles. The van der Waals surface area contributed by atoms with Gasteiger partial charge in [0, 0.05) is 31.2 Å². The number of hydrogen-bond acceptors (Lipinski definition) is 4. The molecule has 1 fully saturated rings. The minimum absolute atomic E-state index is 0. The largest absolute Gasteiger partial charge is 0.476 e. The molecule has 1 saturated heterocycles. The first-order chi connectivity index (χ1) is 8.84. The van der Waals surface area contributed by atoms with Crippen LogP contribution in [0.4, 0.5) is 5.82 Å². The standard InChI is InChI=1S/C14H21N3O.ClH/c1-11-4-2-3-8-17(11)13-6-5-12-10-15-7-9-18-14(12)16-13;/h5-6,11,15H,2-4,7-10H2,1H3;1H/t11-;/m0./s1. The van der Waals surface area contributed by atoms with Gasteiger partial charge in [-0.05, 0) is 38.3 Å². The average Bonchev–Trinajstić information content (AvgIpc) is 2.63. The highest BCUT2D eigenvalue weighted by Gasteiger charge is 2.21. The predicted octanol–water partition coefficient (Wildman–Crippen LogP) is 2.36. The van der Waals surface area contributed by atoms with Crippen molar-refractivity contribution in [3.05, 3.63) is 17.7 Å². The van der Waals surface area contributed by atoms with E-state index in [4.69, 9.17) is 9.72 Å². The van der Waals surface area contributed by atoms with E-state index in [-0.39, 0.29) is 12.4 Å². The van der Waals surface area contributed by atoms with Gasteiger partial charge in [0.05, 0.1) is 0 Å². The summed E-state index contributed by atoms with van der Waals surface area (Å²) in [7, 11) is 0. The van der Waals surface area contributed by atoms with Gasteiger partial charge in [-0.3, -0.25) is 0 Å². The Morgan fingerprint density at radius 2 is 2.26 bits per heavy atom. The smallest absolute Gasteiger partial charge is 0.219 e. The number of aromatic nitrogens is 1. The molecule has 1 aromatic rings. The number of fused-ring (bicyclic) bond motifs is 1. The van der Waals surface area contributed by atoms with Crippen LogP contribution >= 0.6 is 12.4 Å². The van der Waals surface area contributed by atoms with Crippen molar-refractivity contribution in [2.45, 2.75) is 38.8 Å². The van der Waals surface area contributed by atoms with Crippen LogP contribution in [0.5, 0.6) is 5.88 Å². The van der Waals surface area contributed by atoms with Gasteiger partial charge in [-0.15, -0.1) is 12.4 Å². The van der Waals surface area contributed by atoms with Crippen LogP contribution in [0.15, 0.2) is 12.1 Å². The highest BCUT2D eigenvalue weighted by atomic mass is 35.5. The van der Waals surface area contributed by atoms with Crippen molar-refractivity contribution in [3.8, 4) is 5.88 Å². The van der Waals surface area contributed by atoms with E-state index < -0.39 is 0 Å². The van der Waals surface area contributed by atoms with Gasteiger partial charge in [-0.1, -0.05) is 0 Å². The predicted molar refractivity (Wildman–Crippen MR) is 79.3 cm³/mol. The number of nitrogens with zero attached hydrogens (tertiary/aromatic N) is 2. The highest BCUT2D eigenvalue weighted by Crippen LogP contribution is 2.27. The van der Waals surface area contributed by atoms with Gasteiger partial charge in [-0.2, -0.15) is 4.98 Å². The Morgan fingerprint density at radius 3 is 3.11 bits per heavy atom. The summed E-state index contributed by atoms with van der Waals surface area (Å²) >= 11 is 0. The lowest BCUT2D eigenvalue weighted by atomic mass is 10.0. The van der Waals surface area contributed by atoms with E-state index in [2.05, 4.69) is 29.3 Å². The van der Waals surface area contributed by atoms with E-state index in [1.165, 1.54) is 24.8 Å². The third-order valence-corrected chi connectivity index (χ3v) is 3.85. The number of pyridine rings is 1. The lowest BCUT2D eigenvalue weighted by Gasteiger charge is -2.34. The van der Waals surface area contributed by atoms with Gasteiger partial charge in [0.1, 0.15) is 12.4 Å².